The van der Waals surface area contributed by atoms with Crippen molar-refractivity contribution < 1.29 is 18.3 Å². The third-order valence-electron chi connectivity index (χ3n) is 11.2. The Morgan fingerprint density at radius 2 is 1.79 bits per heavy atom. The second-order valence-corrected chi connectivity index (χ2v) is 15.2. The number of piperazine rings is 1. The number of rotatable bonds is 8. The van der Waals surface area contributed by atoms with Crippen LogP contribution in [0.15, 0.2) is 24.3 Å². The zero-order valence-corrected chi connectivity index (χ0v) is 25.0. The topological polar surface area (TPSA) is 102 Å². The number of amides is 1. The number of hydrogen-bond donors (Lipinski definition) is 3. The quantitative estimate of drug-likeness (QED) is 0.452. The summed E-state index contributed by atoms with van der Waals surface area (Å²) in [5.74, 6) is 0.0792. The molecule has 4 aliphatic rings. The first-order valence-corrected chi connectivity index (χ1v) is 16.5. The zero-order chi connectivity index (χ0) is 28.1. The molecule has 0 radical (unpaired) electrons. The first-order chi connectivity index (χ1) is 18.4. The lowest BCUT2D eigenvalue weighted by Crippen LogP contribution is -2.60. The van der Waals surface area contributed by atoms with E-state index in [1.165, 1.54) is 11.3 Å². The number of fused-ring (bicyclic) bond motifs is 2. The highest BCUT2D eigenvalue weighted by Gasteiger charge is 2.73. The SMILES string of the molecule is Cc1ccccc1N1CCN(S(=O)(=O)CC23CCC(CC2(O)C(C)CNC(=O)C2CCNCC2)C3(C)C)CC1. The maximum Gasteiger partial charge on any atom is 0.223 e. The molecule has 2 aliphatic carbocycles. The van der Waals surface area contributed by atoms with Crippen LogP contribution in [0.2, 0.25) is 0 Å². The molecule has 9 heteroatoms. The Bertz CT molecular complexity index is 1160. The molecule has 1 aromatic rings. The number of carbonyl (C=O) groups is 1. The van der Waals surface area contributed by atoms with Crippen LogP contribution >= 0.6 is 0 Å². The Hall–Kier alpha value is -1.68. The van der Waals surface area contributed by atoms with Crippen molar-refractivity contribution in [1.29, 1.82) is 0 Å². The highest BCUT2D eigenvalue weighted by molar-refractivity contribution is 7.89. The second-order valence-electron chi connectivity index (χ2n) is 13.3. The van der Waals surface area contributed by atoms with E-state index in [4.69, 9.17) is 0 Å². The van der Waals surface area contributed by atoms with E-state index in [0.29, 0.717) is 45.6 Å². The highest BCUT2D eigenvalue weighted by Crippen LogP contribution is 2.71. The van der Waals surface area contributed by atoms with Gasteiger partial charge in [0.15, 0.2) is 0 Å². The molecule has 4 atom stereocenters. The van der Waals surface area contributed by atoms with E-state index in [2.05, 4.69) is 48.4 Å². The molecule has 8 nitrogen and oxygen atoms in total. The van der Waals surface area contributed by atoms with Gasteiger partial charge in [0.1, 0.15) is 0 Å². The van der Waals surface area contributed by atoms with Gasteiger partial charge >= 0.3 is 0 Å². The predicted molar refractivity (Wildman–Crippen MR) is 155 cm³/mol. The van der Waals surface area contributed by atoms with Gasteiger partial charge in [-0.1, -0.05) is 39.0 Å². The van der Waals surface area contributed by atoms with Crippen molar-refractivity contribution >= 4 is 21.6 Å². The molecule has 39 heavy (non-hydrogen) atoms. The van der Waals surface area contributed by atoms with Gasteiger partial charge in [-0.05, 0) is 75.1 Å². The molecular weight excluding hydrogens is 512 g/mol. The van der Waals surface area contributed by atoms with Crippen molar-refractivity contribution in [2.75, 3.05) is 56.5 Å². The van der Waals surface area contributed by atoms with Crippen LogP contribution in [0.4, 0.5) is 5.69 Å². The molecular formula is C30H48N4O4S. The van der Waals surface area contributed by atoms with Gasteiger partial charge < -0.3 is 20.6 Å². The average Bonchev–Trinajstić information content (AvgIpc) is 3.25. The van der Waals surface area contributed by atoms with E-state index in [0.717, 1.165) is 32.4 Å². The molecule has 218 valence electrons. The summed E-state index contributed by atoms with van der Waals surface area (Å²) < 4.78 is 29.7. The molecule has 4 fully saturated rings. The molecule has 2 heterocycles. The highest BCUT2D eigenvalue weighted by atomic mass is 32.2. The normalized spacial score (nSPS) is 32.3. The van der Waals surface area contributed by atoms with Crippen LogP contribution in [-0.2, 0) is 14.8 Å². The molecule has 1 aromatic carbocycles. The third kappa shape index (κ3) is 4.91. The molecule has 2 bridgehead atoms. The number of carbonyl (C=O) groups excluding carboxylic acids is 1. The number of aryl methyl sites for hydroxylation is 1. The molecule has 2 saturated carbocycles. The lowest BCUT2D eigenvalue weighted by molar-refractivity contribution is -0.132. The van der Waals surface area contributed by atoms with Crippen molar-refractivity contribution in [3.8, 4) is 0 Å². The smallest absolute Gasteiger partial charge is 0.223 e. The standard InChI is InChI=1S/C30H48N4O4S/c1-22-7-5-6-8-26(22)33-15-17-34(18-16-33)39(37,38)21-29-12-9-25(28(29,3)4)19-30(29,36)23(2)20-32-27(35)24-10-13-31-14-11-24/h5-8,23-25,31,36H,9-21H2,1-4H3,(H,32,35). The van der Waals surface area contributed by atoms with E-state index in [1.807, 2.05) is 19.1 Å². The largest absolute Gasteiger partial charge is 0.389 e. The number of nitrogens with zero attached hydrogens (tertiary/aromatic N) is 2. The lowest BCUT2D eigenvalue weighted by atomic mass is 9.60. The molecule has 0 spiro atoms. The van der Waals surface area contributed by atoms with Gasteiger partial charge in [0.25, 0.3) is 0 Å². The number of nitrogens with one attached hydrogen (secondary N) is 2. The van der Waals surface area contributed by atoms with E-state index in [9.17, 15) is 18.3 Å². The first kappa shape index (κ1) is 28.8. The maximum absolute atomic E-state index is 14.0. The molecule has 3 N–H and O–H groups in total. The fourth-order valence-corrected chi connectivity index (χ4v) is 10.7. The van der Waals surface area contributed by atoms with Gasteiger partial charge in [-0.2, -0.15) is 4.31 Å². The molecule has 0 aromatic heterocycles. The molecule has 2 aliphatic heterocycles. The molecule has 1 amide bonds. The van der Waals surface area contributed by atoms with Crippen LogP contribution in [0.5, 0.6) is 0 Å². The Kier molecular flexibility index (Phi) is 7.85. The number of para-hydroxylation sites is 1. The van der Waals surface area contributed by atoms with Crippen LogP contribution < -0.4 is 15.5 Å². The molecule has 5 rings (SSSR count). The van der Waals surface area contributed by atoms with Gasteiger partial charge in [-0.15, -0.1) is 0 Å². The Morgan fingerprint density at radius 1 is 1.13 bits per heavy atom. The number of piperidine rings is 1. The number of aliphatic hydroxyl groups is 1. The van der Waals surface area contributed by atoms with Crippen LogP contribution in [-0.4, -0.2) is 80.9 Å². The van der Waals surface area contributed by atoms with Crippen LogP contribution in [0.1, 0.15) is 58.4 Å². The van der Waals surface area contributed by atoms with Crippen molar-refractivity contribution in [3.05, 3.63) is 29.8 Å². The summed E-state index contributed by atoms with van der Waals surface area (Å²) in [4.78, 5) is 15.1. The lowest BCUT2D eigenvalue weighted by Gasteiger charge is -2.51. The summed E-state index contributed by atoms with van der Waals surface area (Å²) in [5, 5.41) is 18.8. The van der Waals surface area contributed by atoms with Crippen LogP contribution in [0, 0.1) is 35.5 Å². The average molecular weight is 561 g/mol. The Morgan fingerprint density at radius 3 is 2.44 bits per heavy atom. The van der Waals surface area contributed by atoms with Crippen molar-refractivity contribution in [3.63, 3.8) is 0 Å². The predicted octanol–water partition coefficient (Wildman–Crippen LogP) is 2.76. The number of anilines is 1. The van der Waals surface area contributed by atoms with E-state index in [-0.39, 0.29) is 34.8 Å². The summed E-state index contributed by atoms with van der Waals surface area (Å²) in [6.45, 7) is 12.7. The maximum atomic E-state index is 14.0. The van der Waals surface area contributed by atoms with Gasteiger partial charge in [0.05, 0.1) is 11.4 Å². The summed E-state index contributed by atoms with van der Waals surface area (Å²) >= 11 is 0. The fraction of sp³-hybridized carbons (Fsp3) is 0.767. The van der Waals surface area contributed by atoms with Gasteiger partial charge in [0, 0.05) is 55.7 Å². The van der Waals surface area contributed by atoms with Gasteiger partial charge in [-0.25, -0.2) is 8.42 Å². The minimum Gasteiger partial charge on any atom is -0.389 e. The summed E-state index contributed by atoms with van der Waals surface area (Å²) in [7, 11) is -3.60. The Labute approximate surface area is 235 Å². The third-order valence-corrected chi connectivity index (χ3v) is 13.2. The number of sulfonamides is 1. The summed E-state index contributed by atoms with van der Waals surface area (Å²) in [6.07, 6.45) is 3.91. The van der Waals surface area contributed by atoms with Crippen LogP contribution in [0.3, 0.4) is 0 Å². The zero-order valence-electron chi connectivity index (χ0n) is 24.2. The van der Waals surface area contributed by atoms with Crippen LogP contribution in [0.25, 0.3) is 0 Å². The first-order valence-electron chi connectivity index (χ1n) is 14.9. The second kappa shape index (κ2) is 10.6. The van der Waals surface area contributed by atoms with Crippen molar-refractivity contribution in [1.82, 2.24) is 14.9 Å². The monoisotopic (exact) mass is 560 g/mol. The molecule has 2 saturated heterocycles. The summed E-state index contributed by atoms with van der Waals surface area (Å²) in [5.41, 5.74) is 0.180. The van der Waals surface area contributed by atoms with E-state index >= 15 is 0 Å². The van der Waals surface area contributed by atoms with Gasteiger partial charge in [0.2, 0.25) is 15.9 Å². The van der Waals surface area contributed by atoms with E-state index < -0.39 is 21.0 Å². The van der Waals surface area contributed by atoms with Gasteiger partial charge in [-0.3, -0.25) is 4.79 Å². The van der Waals surface area contributed by atoms with Crippen molar-refractivity contribution in [2.24, 2.45) is 28.6 Å². The Balaban J connectivity index is 1.30. The van der Waals surface area contributed by atoms with Crippen molar-refractivity contribution in [2.45, 2.75) is 65.4 Å². The molecule has 4 unspecified atom stereocenters. The minimum absolute atomic E-state index is 0.0113. The minimum atomic E-state index is -3.60. The fourth-order valence-electron chi connectivity index (χ4n) is 8.43. The van der Waals surface area contributed by atoms with E-state index in [1.54, 1.807) is 4.31 Å². The summed E-state index contributed by atoms with van der Waals surface area (Å²) in [6, 6.07) is 8.24. The number of benzene rings is 1. The number of hydrogen-bond acceptors (Lipinski definition) is 6.